The molecule has 0 aromatic heterocycles. The predicted molar refractivity (Wildman–Crippen MR) is 89.2 cm³/mol. The lowest BCUT2D eigenvalue weighted by Crippen LogP contribution is -2.34. The fraction of sp³-hybridized carbons (Fsp3) is 0.667. The van der Waals surface area contributed by atoms with Crippen molar-refractivity contribution in [3.05, 3.63) is 35.4 Å². The van der Waals surface area contributed by atoms with E-state index in [9.17, 15) is 0 Å². The average Bonchev–Trinajstić information content (AvgIpc) is 2.44. The zero-order valence-corrected chi connectivity index (χ0v) is 13.8. The van der Waals surface area contributed by atoms with Gasteiger partial charge in [-0.1, -0.05) is 51.0 Å². The van der Waals surface area contributed by atoms with E-state index in [1.807, 2.05) is 0 Å². The number of hydrogen-bond acceptors (Lipinski definition) is 2. The molecule has 0 aliphatic rings. The first kappa shape index (κ1) is 17.2. The third kappa shape index (κ3) is 6.06. The van der Waals surface area contributed by atoms with Gasteiger partial charge in [-0.2, -0.15) is 0 Å². The molecule has 1 N–H and O–H groups in total. The molecule has 0 saturated carbocycles. The van der Waals surface area contributed by atoms with Crippen LogP contribution < -0.4 is 5.32 Å². The number of aryl methyl sites for hydroxylation is 1. The van der Waals surface area contributed by atoms with Gasteiger partial charge in [0.15, 0.2) is 0 Å². The van der Waals surface area contributed by atoms with Crippen LogP contribution in [0.2, 0.25) is 0 Å². The zero-order valence-electron chi connectivity index (χ0n) is 13.8. The largest absolute Gasteiger partial charge is 0.309 e. The minimum absolute atomic E-state index is 0.447. The van der Waals surface area contributed by atoms with Gasteiger partial charge in [-0.05, 0) is 51.0 Å². The first-order valence-corrected chi connectivity index (χ1v) is 8.16. The summed E-state index contributed by atoms with van der Waals surface area (Å²) >= 11 is 0. The quantitative estimate of drug-likeness (QED) is 0.646. The van der Waals surface area contributed by atoms with Crippen LogP contribution in [0.1, 0.15) is 56.7 Å². The summed E-state index contributed by atoms with van der Waals surface area (Å²) in [7, 11) is 2.24. The first-order valence-electron chi connectivity index (χ1n) is 8.16. The molecule has 0 aliphatic carbocycles. The highest BCUT2D eigenvalue weighted by molar-refractivity contribution is 5.29. The Labute approximate surface area is 125 Å². The van der Waals surface area contributed by atoms with Crippen LogP contribution in [-0.2, 0) is 0 Å². The van der Waals surface area contributed by atoms with Crippen molar-refractivity contribution in [3.63, 3.8) is 0 Å². The SMILES string of the molecule is CCCCCN(C)CC(NCCC)c1ccccc1C. The molecule has 0 amide bonds. The van der Waals surface area contributed by atoms with Crippen molar-refractivity contribution in [3.8, 4) is 0 Å². The Kier molecular flexibility index (Phi) is 8.56. The maximum absolute atomic E-state index is 3.71. The summed E-state index contributed by atoms with van der Waals surface area (Å²) in [5.74, 6) is 0. The van der Waals surface area contributed by atoms with Gasteiger partial charge in [0.05, 0.1) is 0 Å². The molecular formula is C18H32N2. The van der Waals surface area contributed by atoms with Crippen molar-refractivity contribution in [1.29, 1.82) is 0 Å². The summed E-state index contributed by atoms with van der Waals surface area (Å²) in [6.07, 6.45) is 5.12. The van der Waals surface area contributed by atoms with Gasteiger partial charge in [0.2, 0.25) is 0 Å². The van der Waals surface area contributed by atoms with Crippen LogP contribution in [0.25, 0.3) is 0 Å². The van der Waals surface area contributed by atoms with Crippen LogP contribution in [0, 0.1) is 6.92 Å². The molecule has 1 aromatic rings. The molecule has 2 nitrogen and oxygen atoms in total. The Morgan fingerprint density at radius 1 is 1.10 bits per heavy atom. The summed E-state index contributed by atoms with van der Waals surface area (Å²) in [5.41, 5.74) is 2.84. The maximum Gasteiger partial charge on any atom is 0.0451 e. The highest BCUT2D eigenvalue weighted by Crippen LogP contribution is 2.18. The lowest BCUT2D eigenvalue weighted by molar-refractivity contribution is 0.284. The Hall–Kier alpha value is -0.860. The average molecular weight is 276 g/mol. The van der Waals surface area contributed by atoms with E-state index in [0.717, 1.165) is 13.1 Å². The number of unbranched alkanes of at least 4 members (excludes halogenated alkanes) is 2. The molecule has 1 unspecified atom stereocenters. The van der Waals surface area contributed by atoms with Crippen LogP contribution in [0.5, 0.6) is 0 Å². The van der Waals surface area contributed by atoms with E-state index >= 15 is 0 Å². The third-order valence-electron chi connectivity index (χ3n) is 3.84. The normalized spacial score (nSPS) is 12.8. The minimum atomic E-state index is 0.447. The molecule has 1 rings (SSSR count). The van der Waals surface area contributed by atoms with E-state index in [0.29, 0.717) is 6.04 Å². The first-order chi connectivity index (χ1) is 9.69. The van der Waals surface area contributed by atoms with Gasteiger partial charge in [0, 0.05) is 12.6 Å². The molecule has 114 valence electrons. The molecular weight excluding hydrogens is 244 g/mol. The van der Waals surface area contributed by atoms with Crippen LogP contribution in [0.4, 0.5) is 0 Å². The number of rotatable bonds is 10. The molecule has 0 aliphatic heterocycles. The Morgan fingerprint density at radius 3 is 2.50 bits per heavy atom. The van der Waals surface area contributed by atoms with Crippen LogP contribution >= 0.6 is 0 Å². The molecule has 0 heterocycles. The van der Waals surface area contributed by atoms with Gasteiger partial charge in [0.25, 0.3) is 0 Å². The lowest BCUT2D eigenvalue weighted by atomic mass is 10.0. The molecule has 1 atom stereocenters. The van der Waals surface area contributed by atoms with Gasteiger partial charge in [-0.25, -0.2) is 0 Å². The van der Waals surface area contributed by atoms with Gasteiger partial charge in [-0.3, -0.25) is 0 Å². The van der Waals surface area contributed by atoms with E-state index in [-0.39, 0.29) is 0 Å². The van der Waals surface area contributed by atoms with E-state index < -0.39 is 0 Å². The highest BCUT2D eigenvalue weighted by atomic mass is 15.1. The molecule has 0 spiro atoms. The maximum atomic E-state index is 3.71. The lowest BCUT2D eigenvalue weighted by Gasteiger charge is -2.26. The molecule has 1 aromatic carbocycles. The summed E-state index contributed by atoms with van der Waals surface area (Å²) in [6, 6.07) is 9.21. The van der Waals surface area contributed by atoms with Crippen molar-refractivity contribution in [2.45, 2.75) is 52.5 Å². The Bertz CT molecular complexity index is 362. The van der Waals surface area contributed by atoms with Crippen LogP contribution in [-0.4, -0.2) is 31.6 Å². The fourth-order valence-corrected chi connectivity index (χ4v) is 2.60. The van der Waals surface area contributed by atoms with E-state index in [1.165, 1.54) is 43.4 Å². The minimum Gasteiger partial charge on any atom is -0.309 e. The summed E-state index contributed by atoms with van der Waals surface area (Å²) in [5, 5.41) is 3.71. The molecule has 2 heteroatoms. The predicted octanol–water partition coefficient (Wildman–Crippen LogP) is 4.16. The Balaban J connectivity index is 2.62. The second-order valence-corrected chi connectivity index (χ2v) is 5.83. The van der Waals surface area contributed by atoms with Gasteiger partial charge in [-0.15, -0.1) is 0 Å². The van der Waals surface area contributed by atoms with Crippen molar-refractivity contribution in [1.82, 2.24) is 10.2 Å². The summed E-state index contributed by atoms with van der Waals surface area (Å²) < 4.78 is 0. The van der Waals surface area contributed by atoms with Gasteiger partial charge >= 0.3 is 0 Å². The van der Waals surface area contributed by atoms with E-state index in [1.54, 1.807) is 0 Å². The molecule has 0 saturated heterocycles. The Morgan fingerprint density at radius 2 is 1.85 bits per heavy atom. The highest BCUT2D eigenvalue weighted by Gasteiger charge is 2.14. The molecule has 0 bridgehead atoms. The van der Waals surface area contributed by atoms with Crippen molar-refractivity contribution in [2.24, 2.45) is 0 Å². The zero-order chi connectivity index (χ0) is 14.8. The van der Waals surface area contributed by atoms with Crippen molar-refractivity contribution >= 4 is 0 Å². The van der Waals surface area contributed by atoms with Gasteiger partial charge in [0.1, 0.15) is 0 Å². The number of nitrogens with zero attached hydrogens (tertiary/aromatic N) is 1. The molecule has 20 heavy (non-hydrogen) atoms. The summed E-state index contributed by atoms with van der Waals surface area (Å²) in [4.78, 5) is 2.47. The smallest absolute Gasteiger partial charge is 0.0451 e. The third-order valence-corrected chi connectivity index (χ3v) is 3.84. The monoisotopic (exact) mass is 276 g/mol. The fourth-order valence-electron chi connectivity index (χ4n) is 2.60. The van der Waals surface area contributed by atoms with Crippen LogP contribution in [0.3, 0.4) is 0 Å². The number of likely N-dealkylation sites (N-methyl/N-ethyl adjacent to an activating group) is 1. The van der Waals surface area contributed by atoms with Gasteiger partial charge < -0.3 is 10.2 Å². The van der Waals surface area contributed by atoms with E-state index in [2.05, 4.69) is 62.3 Å². The van der Waals surface area contributed by atoms with Crippen molar-refractivity contribution < 1.29 is 0 Å². The number of nitrogens with one attached hydrogen (secondary N) is 1. The number of hydrogen-bond donors (Lipinski definition) is 1. The van der Waals surface area contributed by atoms with Crippen molar-refractivity contribution in [2.75, 3.05) is 26.7 Å². The number of benzene rings is 1. The molecule has 0 radical (unpaired) electrons. The van der Waals surface area contributed by atoms with E-state index in [4.69, 9.17) is 0 Å². The molecule has 0 fully saturated rings. The standard InChI is InChI=1S/C18H32N2/c1-5-7-10-14-20(4)15-18(19-13-6-2)17-12-9-8-11-16(17)3/h8-9,11-12,18-19H,5-7,10,13-15H2,1-4H3. The van der Waals surface area contributed by atoms with Crippen LogP contribution in [0.15, 0.2) is 24.3 Å². The second kappa shape index (κ2) is 9.95. The summed E-state index contributed by atoms with van der Waals surface area (Å²) in [6.45, 7) is 10.1. The second-order valence-electron chi connectivity index (χ2n) is 5.83. The topological polar surface area (TPSA) is 15.3 Å².